The molecule has 224 valence electrons. The van der Waals surface area contributed by atoms with Crippen molar-refractivity contribution >= 4 is 63.8 Å². The van der Waals surface area contributed by atoms with Gasteiger partial charge in [0.15, 0.2) is 5.71 Å². The van der Waals surface area contributed by atoms with Crippen LogP contribution in [0.15, 0.2) is 46.7 Å². The molecule has 0 radical (unpaired) electrons. The van der Waals surface area contributed by atoms with Crippen LogP contribution in [0.3, 0.4) is 0 Å². The van der Waals surface area contributed by atoms with Gasteiger partial charge in [0.25, 0.3) is 11.2 Å². The fourth-order valence-corrected chi connectivity index (χ4v) is 4.90. The summed E-state index contributed by atoms with van der Waals surface area (Å²) < 4.78 is 85.2. The number of rotatable bonds is 5. The molecule has 2 heterocycles. The molecule has 0 bridgehead atoms. The summed E-state index contributed by atoms with van der Waals surface area (Å²) in [6.07, 6.45) is -11.0. The van der Waals surface area contributed by atoms with Crippen molar-refractivity contribution in [3.05, 3.63) is 67.6 Å². The zero-order valence-electron chi connectivity index (χ0n) is 20.5. The number of ether oxygens (including phenoxy) is 1. The van der Waals surface area contributed by atoms with E-state index in [1.165, 1.54) is 19.1 Å². The van der Waals surface area contributed by atoms with E-state index >= 15 is 0 Å². The number of esters is 1. The number of aliphatic hydroxyl groups is 1. The van der Waals surface area contributed by atoms with Gasteiger partial charge in [-0.1, -0.05) is 56.7 Å². The predicted molar refractivity (Wildman–Crippen MR) is 138 cm³/mol. The molecule has 0 amide bonds. The number of oxime groups is 2. The van der Waals surface area contributed by atoms with Gasteiger partial charge in [-0.15, -0.1) is 0 Å². The fourth-order valence-electron chi connectivity index (χ4n) is 3.85. The quantitative estimate of drug-likeness (QED) is 0.262. The molecule has 4 rings (SSSR count). The molecule has 2 aromatic carbocycles. The number of halogens is 10. The summed E-state index contributed by atoms with van der Waals surface area (Å²) in [5, 5.41) is 15.6. The van der Waals surface area contributed by atoms with Crippen LogP contribution in [0.25, 0.3) is 0 Å². The van der Waals surface area contributed by atoms with Crippen LogP contribution in [0.2, 0.25) is 20.1 Å². The lowest BCUT2D eigenvalue weighted by atomic mass is 9.88. The SMILES string of the molecule is CCOC(=O)C1=NOC(c2cc(Cl)cc(Cl)c2)(C(F)(F)F)C1.OCC1=NOC(c2cc(Cl)cc(Cl)c2)(C(F)(F)F)C1. The molecule has 2 aliphatic heterocycles. The summed E-state index contributed by atoms with van der Waals surface area (Å²) >= 11 is 22.9. The molecule has 0 spiro atoms. The molecule has 41 heavy (non-hydrogen) atoms. The van der Waals surface area contributed by atoms with Crippen LogP contribution in [0.4, 0.5) is 26.3 Å². The van der Waals surface area contributed by atoms with Gasteiger partial charge in [-0.3, -0.25) is 0 Å². The Morgan fingerprint density at radius 2 is 1.24 bits per heavy atom. The van der Waals surface area contributed by atoms with Crippen LogP contribution in [-0.2, 0) is 30.4 Å². The number of benzene rings is 2. The van der Waals surface area contributed by atoms with Crippen molar-refractivity contribution in [3.63, 3.8) is 0 Å². The molecule has 0 aliphatic carbocycles. The third-order valence-electron chi connectivity index (χ3n) is 5.78. The van der Waals surface area contributed by atoms with Gasteiger partial charge >= 0.3 is 18.3 Å². The number of aliphatic hydroxyl groups excluding tert-OH is 1. The number of carbonyl (C=O) groups excluding carboxylic acids is 1. The smallest absolute Gasteiger partial charge is 0.435 e. The second-order valence-corrected chi connectivity index (χ2v) is 10.3. The van der Waals surface area contributed by atoms with Crippen LogP contribution in [0.5, 0.6) is 0 Å². The third kappa shape index (κ3) is 6.96. The highest BCUT2D eigenvalue weighted by atomic mass is 35.5. The van der Waals surface area contributed by atoms with Gasteiger partial charge in [-0.05, 0) is 43.3 Å². The van der Waals surface area contributed by atoms with Crippen molar-refractivity contribution in [1.82, 2.24) is 0 Å². The minimum Gasteiger partial charge on any atom is -0.461 e. The van der Waals surface area contributed by atoms with Crippen LogP contribution in [0, 0.1) is 0 Å². The van der Waals surface area contributed by atoms with Crippen molar-refractivity contribution in [1.29, 1.82) is 0 Å². The zero-order valence-corrected chi connectivity index (χ0v) is 23.6. The van der Waals surface area contributed by atoms with Gasteiger partial charge in [0.1, 0.15) is 0 Å². The van der Waals surface area contributed by atoms with Gasteiger partial charge in [-0.2, -0.15) is 26.3 Å². The minimum atomic E-state index is -4.83. The first-order chi connectivity index (χ1) is 19.0. The normalized spacial score (nSPS) is 22.1. The Morgan fingerprint density at radius 1 is 0.829 bits per heavy atom. The molecule has 0 saturated carbocycles. The highest BCUT2D eigenvalue weighted by molar-refractivity contribution is 6.37. The van der Waals surface area contributed by atoms with E-state index in [0.29, 0.717) is 0 Å². The molecule has 7 nitrogen and oxygen atoms in total. The first-order valence-electron chi connectivity index (χ1n) is 11.3. The Kier molecular flexibility index (Phi) is 10.0. The monoisotopic (exact) mass is 668 g/mol. The Hall–Kier alpha value is -2.45. The lowest BCUT2D eigenvalue weighted by Crippen LogP contribution is -2.43. The Morgan fingerprint density at radius 3 is 1.61 bits per heavy atom. The summed E-state index contributed by atoms with van der Waals surface area (Å²) in [5.74, 6) is -0.957. The summed E-state index contributed by atoms with van der Waals surface area (Å²) in [6.45, 7) is 0.939. The van der Waals surface area contributed by atoms with E-state index in [1.54, 1.807) is 0 Å². The third-order valence-corrected chi connectivity index (χ3v) is 6.65. The number of hydrogen-bond donors (Lipinski definition) is 1. The minimum absolute atomic E-state index is 0.0132. The van der Waals surface area contributed by atoms with E-state index in [4.69, 9.17) is 51.5 Å². The highest BCUT2D eigenvalue weighted by Crippen LogP contribution is 2.50. The standard InChI is InChI=1S/C13H10Cl2F3NO3.C11H8Cl2F3NO2/c1-2-21-11(20)10-6-12(22-19-10,13(16,17)18)7-3-8(14)5-9(15)4-7;12-7-1-6(2-8(13)3-7)10(11(14,15)16)4-9(5-18)17-19-10/h3-5H,2,6H2,1H3;1-3,18H,4-5H2. The van der Waals surface area contributed by atoms with Crippen LogP contribution in [0.1, 0.15) is 30.9 Å². The number of nitrogens with zero attached hydrogens (tertiary/aromatic N) is 2. The van der Waals surface area contributed by atoms with E-state index in [9.17, 15) is 31.1 Å². The van der Waals surface area contributed by atoms with Gasteiger partial charge in [0, 0.05) is 37.6 Å². The van der Waals surface area contributed by atoms with Gasteiger partial charge in [0.2, 0.25) is 0 Å². The fraction of sp³-hybridized carbons (Fsp3) is 0.375. The molecule has 2 aliphatic rings. The van der Waals surface area contributed by atoms with Crippen LogP contribution < -0.4 is 0 Å². The highest BCUT2D eigenvalue weighted by Gasteiger charge is 2.64. The van der Waals surface area contributed by atoms with Crippen LogP contribution in [-0.4, -0.2) is 48.1 Å². The maximum atomic E-state index is 13.6. The van der Waals surface area contributed by atoms with E-state index < -0.39 is 54.7 Å². The topological polar surface area (TPSA) is 89.7 Å². The molecule has 17 heteroatoms. The maximum Gasteiger partial charge on any atom is 0.435 e. The second kappa shape index (κ2) is 12.4. The van der Waals surface area contributed by atoms with Crippen molar-refractivity contribution in [2.75, 3.05) is 13.2 Å². The summed E-state index contributed by atoms with van der Waals surface area (Å²) in [6, 6.07) is 7.00. The number of alkyl halides is 6. The van der Waals surface area contributed by atoms with Gasteiger partial charge < -0.3 is 19.5 Å². The molecule has 0 aromatic heterocycles. The number of hydrogen-bond acceptors (Lipinski definition) is 7. The molecule has 2 aromatic rings. The van der Waals surface area contributed by atoms with Crippen molar-refractivity contribution in [3.8, 4) is 0 Å². The average Bonchev–Trinajstić information content (AvgIpc) is 3.50. The zero-order chi connectivity index (χ0) is 30.8. The summed E-state index contributed by atoms with van der Waals surface area (Å²) in [4.78, 5) is 20.8. The Labute approximate surface area is 248 Å². The Bertz CT molecular complexity index is 1330. The maximum absolute atomic E-state index is 13.6. The summed E-state index contributed by atoms with van der Waals surface area (Å²) in [5.41, 5.74) is -6.59. The molecule has 1 N–H and O–H groups in total. The average molecular weight is 670 g/mol. The molecular weight excluding hydrogens is 652 g/mol. The molecular formula is C24H18Cl4F6N2O5. The molecule has 0 saturated heterocycles. The van der Waals surface area contributed by atoms with Crippen LogP contribution >= 0.6 is 46.4 Å². The van der Waals surface area contributed by atoms with Crippen molar-refractivity contribution in [2.24, 2.45) is 10.3 Å². The van der Waals surface area contributed by atoms with Crippen molar-refractivity contribution in [2.45, 2.75) is 43.3 Å². The summed E-state index contributed by atoms with van der Waals surface area (Å²) in [7, 11) is 0. The van der Waals surface area contributed by atoms with Crippen molar-refractivity contribution < 1.29 is 50.7 Å². The Balaban J connectivity index is 0.000000228. The van der Waals surface area contributed by atoms with E-state index in [-0.39, 0.29) is 43.5 Å². The predicted octanol–water partition coefficient (Wildman–Crippen LogP) is 7.61. The molecule has 0 fully saturated rings. The number of carbonyl (C=O) groups is 1. The first kappa shape index (κ1) is 33.1. The molecule has 2 atom stereocenters. The lowest BCUT2D eigenvalue weighted by molar-refractivity contribution is -0.276. The second-order valence-electron chi connectivity index (χ2n) is 8.58. The largest absolute Gasteiger partial charge is 0.461 e. The molecule has 2 unspecified atom stereocenters. The van der Waals surface area contributed by atoms with Gasteiger partial charge in [0.05, 0.1) is 25.3 Å². The van der Waals surface area contributed by atoms with E-state index in [0.717, 1.165) is 24.3 Å². The van der Waals surface area contributed by atoms with E-state index in [1.807, 2.05) is 0 Å². The first-order valence-corrected chi connectivity index (χ1v) is 12.8. The lowest BCUT2D eigenvalue weighted by Gasteiger charge is -2.29. The van der Waals surface area contributed by atoms with Gasteiger partial charge in [-0.25, -0.2) is 4.79 Å². The van der Waals surface area contributed by atoms with E-state index in [2.05, 4.69) is 24.7 Å².